The van der Waals surface area contributed by atoms with E-state index in [9.17, 15) is 5.11 Å². The van der Waals surface area contributed by atoms with Gasteiger partial charge in [-0.25, -0.2) is 9.67 Å². The summed E-state index contributed by atoms with van der Waals surface area (Å²) in [5.41, 5.74) is 0.477. The van der Waals surface area contributed by atoms with Crippen molar-refractivity contribution in [3.05, 3.63) is 46.5 Å². The number of hydrogen-bond acceptors (Lipinski definition) is 3. The van der Waals surface area contributed by atoms with Crippen LogP contribution in [0.3, 0.4) is 0 Å². The van der Waals surface area contributed by atoms with Gasteiger partial charge in [-0.2, -0.15) is 0 Å². The molecule has 0 saturated carbocycles. The van der Waals surface area contributed by atoms with Gasteiger partial charge in [-0.1, -0.05) is 30.3 Å². The Hall–Kier alpha value is -1.20. The first-order chi connectivity index (χ1) is 8.94. The zero-order valence-corrected chi connectivity index (χ0v) is 12.8. The summed E-state index contributed by atoms with van der Waals surface area (Å²) >= 11 is 3.29. The van der Waals surface area contributed by atoms with Gasteiger partial charge in [-0.3, -0.25) is 0 Å². The molecule has 0 fully saturated rings. The molecule has 102 valence electrons. The molecule has 0 amide bonds. The highest BCUT2D eigenvalue weighted by molar-refractivity contribution is 9.10. The van der Waals surface area contributed by atoms with Gasteiger partial charge >= 0.3 is 0 Å². The van der Waals surface area contributed by atoms with Crippen LogP contribution in [0, 0.1) is 0 Å². The second-order valence-corrected chi connectivity index (χ2v) is 5.96. The highest BCUT2D eigenvalue weighted by Crippen LogP contribution is 2.13. The minimum absolute atomic E-state index is 0.440. The maximum atomic E-state index is 9.89. The Morgan fingerprint density at radius 3 is 2.53 bits per heavy atom. The van der Waals surface area contributed by atoms with Crippen molar-refractivity contribution in [3.63, 3.8) is 0 Å². The predicted molar refractivity (Wildman–Crippen MR) is 77.9 cm³/mol. The monoisotopic (exact) mass is 323 g/mol. The minimum Gasteiger partial charge on any atom is -0.389 e. The van der Waals surface area contributed by atoms with Crippen LogP contribution in [0.5, 0.6) is 0 Å². The van der Waals surface area contributed by atoms with Crippen LogP contribution >= 0.6 is 15.9 Å². The van der Waals surface area contributed by atoms with Crippen LogP contribution in [0.25, 0.3) is 0 Å². The SMILES string of the molecule is CC(C)(O)Cn1nc(Br)nc1CCc1ccccc1. The topological polar surface area (TPSA) is 50.9 Å². The molecule has 0 aliphatic rings. The van der Waals surface area contributed by atoms with Gasteiger partial charge in [0.15, 0.2) is 0 Å². The number of aliphatic hydroxyl groups is 1. The van der Waals surface area contributed by atoms with Gasteiger partial charge in [0.25, 0.3) is 0 Å². The van der Waals surface area contributed by atoms with E-state index >= 15 is 0 Å². The van der Waals surface area contributed by atoms with Crippen molar-refractivity contribution in [1.82, 2.24) is 14.8 Å². The number of hydrogen-bond donors (Lipinski definition) is 1. The summed E-state index contributed by atoms with van der Waals surface area (Å²) in [6.07, 6.45) is 1.72. The third-order valence-corrected chi connectivity index (χ3v) is 3.08. The van der Waals surface area contributed by atoms with Crippen molar-refractivity contribution in [1.29, 1.82) is 0 Å². The molecule has 0 atom stereocenters. The summed E-state index contributed by atoms with van der Waals surface area (Å²) in [5.74, 6) is 0.887. The van der Waals surface area contributed by atoms with Crippen LogP contribution < -0.4 is 0 Å². The van der Waals surface area contributed by atoms with E-state index < -0.39 is 5.60 Å². The molecular weight excluding hydrogens is 306 g/mol. The van der Waals surface area contributed by atoms with Crippen molar-refractivity contribution in [2.45, 2.75) is 38.8 Å². The van der Waals surface area contributed by atoms with E-state index in [0.29, 0.717) is 11.3 Å². The second kappa shape index (κ2) is 5.84. The number of rotatable bonds is 5. The third kappa shape index (κ3) is 4.44. The molecule has 19 heavy (non-hydrogen) atoms. The Kier molecular flexibility index (Phi) is 4.37. The number of nitrogens with zero attached hydrogens (tertiary/aromatic N) is 3. The number of aryl methyl sites for hydroxylation is 2. The Morgan fingerprint density at radius 2 is 1.89 bits per heavy atom. The Morgan fingerprint density at radius 1 is 1.21 bits per heavy atom. The minimum atomic E-state index is -0.797. The van der Waals surface area contributed by atoms with Crippen LogP contribution in [-0.2, 0) is 19.4 Å². The average molecular weight is 324 g/mol. The Labute approximate surface area is 121 Å². The highest BCUT2D eigenvalue weighted by Gasteiger charge is 2.18. The molecule has 1 aromatic heterocycles. The smallest absolute Gasteiger partial charge is 0.217 e. The molecule has 4 nitrogen and oxygen atoms in total. The van der Waals surface area contributed by atoms with Crippen LogP contribution in [0.1, 0.15) is 25.2 Å². The fraction of sp³-hybridized carbons (Fsp3) is 0.429. The molecular formula is C14H18BrN3O. The van der Waals surface area contributed by atoms with Gasteiger partial charge in [0.05, 0.1) is 12.1 Å². The molecule has 5 heteroatoms. The van der Waals surface area contributed by atoms with Gasteiger partial charge < -0.3 is 5.11 Å². The number of halogens is 1. The van der Waals surface area contributed by atoms with E-state index in [-0.39, 0.29) is 0 Å². The molecule has 2 rings (SSSR count). The molecule has 1 N–H and O–H groups in total. The quantitative estimate of drug-likeness (QED) is 0.920. The zero-order chi connectivity index (χ0) is 13.9. The van der Waals surface area contributed by atoms with Gasteiger partial charge in [-0.05, 0) is 41.8 Å². The second-order valence-electron chi connectivity index (χ2n) is 5.25. The molecule has 0 saturated heterocycles. The van der Waals surface area contributed by atoms with Crippen LogP contribution in [-0.4, -0.2) is 25.5 Å². The van der Waals surface area contributed by atoms with E-state index in [1.807, 2.05) is 18.2 Å². The summed E-state index contributed by atoms with van der Waals surface area (Å²) < 4.78 is 2.34. The third-order valence-electron chi connectivity index (χ3n) is 2.74. The summed E-state index contributed by atoms with van der Waals surface area (Å²) in [5, 5.41) is 14.2. The fourth-order valence-electron chi connectivity index (χ4n) is 1.92. The van der Waals surface area contributed by atoms with E-state index in [2.05, 4.69) is 38.1 Å². The molecule has 0 aliphatic heterocycles. The molecule has 0 aliphatic carbocycles. The molecule has 2 aromatic rings. The van der Waals surface area contributed by atoms with Crippen molar-refractivity contribution >= 4 is 15.9 Å². The lowest BCUT2D eigenvalue weighted by molar-refractivity contribution is 0.0565. The first kappa shape index (κ1) is 14.2. The zero-order valence-electron chi connectivity index (χ0n) is 11.2. The van der Waals surface area contributed by atoms with Gasteiger partial charge in [0.1, 0.15) is 5.82 Å². The molecule has 1 aromatic carbocycles. The van der Waals surface area contributed by atoms with Crippen molar-refractivity contribution in [2.24, 2.45) is 0 Å². The van der Waals surface area contributed by atoms with E-state index in [1.165, 1.54) is 5.56 Å². The largest absolute Gasteiger partial charge is 0.389 e. The Balaban J connectivity index is 2.08. The van der Waals surface area contributed by atoms with Crippen LogP contribution in [0.15, 0.2) is 35.1 Å². The van der Waals surface area contributed by atoms with Gasteiger partial charge in [-0.15, -0.1) is 5.10 Å². The normalized spacial score (nSPS) is 11.8. The van der Waals surface area contributed by atoms with Crippen LogP contribution in [0.4, 0.5) is 0 Å². The van der Waals surface area contributed by atoms with Crippen molar-refractivity contribution in [2.75, 3.05) is 0 Å². The summed E-state index contributed by atoms with van der Waals surface area (Å²) in [4.78, 5) is 4.37. The Bertz CT molecular complexity index is 531. The van der Waals surface area contributed by atoms with E-state index in [4.69, 9.17) is 0 Å². The van der Waals surface area contributed by atoms with Crippen LogP contribution in [0.2, 0.25) is 0 Å². The van der Waals surface area contributed by atoms with Crippen molar-refractivity contribution in [3.8, 4) is 0 Å². The van der Waals surface area contributed by atoms with Gasteiger partial charge in [0, 0.05) is 6.42 Å². The molecule has 1 heterocycles. The van der Waals surface area contributed by atoms with Crippen molar-refractivity contribution < 1.29 is 5.11 Å². The average Bonchev–Trinajstić information content (AvgIpc) is 2.66. The summed E-state index contributed by atoms with van der Waals surface area (Å²) in [6.45, 7) is 3.98. The molecule has 0 spiro atoms. The lowest BCUT2D eigenvalue weighted by atomic mass is 10.1. The molecule has 0 unspecified atom stereocenters. The maximum Gasteiger partial charge on any atom is 0.217 e. The first-order valence-corrected chi connectivity index (χ1v) is 7.09. The molecule has 0 bridgehead atoms. The van der Waals surface area contributed by atoms with E-state index in [1.54, 1.807) is 18.5 Å². The first-order valence-electron chi connectivity index (χ1n) is 6.29. The number of benzene rings is 1. The van der Waals surface area contributed by atoms with E-state index in [0.717, 1.165) is 18.7 Å². The fourth-order valence-corrected chi connectivity index (χ4v) is 2.32. The lowest BCUT2D eigenvalue weighted by Gasteiger charge is -2.17. The molecule has 0 radical (unpaired) electrons. The standard InChI is InChI=1S/C14H18BrN3O/c1-14(2,19)10-18-12(16-13(15)17-18)9-8-11-6-4-3-5-7-11/h3-7,19H,8-10H2,1-2H3. The highest BCUT2D eigenvalue weighted by atomic mass is 79.9. The maximum absolute atomic E-state index is 9.89. The summed E-state index contributed by atoms with van der Waals surface area (Å²) in [7, 11) is 0. The lowest BCUT2D eigenvalue weighted by Crippen LogP contribution is -2.28. The predicted octanol–water partition coefficient (Wildman–Crippen LogP) is 2.60. The van der Waals surface area contributed by atoms with Gasteiger partial charge in [0.2, 0.25) is 4.73 Å². The number of aromatic nitrogens is 3. The summed E-state index contributed by atoms with van der Waals surface area (Å²) in [6, 6.07) is 10.3.